The van der Waals surface area contributed by atoms with Crippen LogP contribution in [0.5, 0.6) is 0 Å². The van der Waals surface area contributed by atoms with Crippen molar-refractivity contribution in [1.82, 2.24) is 15.5 Å². The van der Waals surface area contributed by atoms with Gasteiger partial charge < -0.3 is 15.6 Å². The molecule has 0 unspecified atom stereocenters. The van der Waals surface area contributed by atoms with Crippen LogP contribution < -0.4 is 11.1 Å². The minimum Gasteiger partial charge on any atom is -0.352 e. The van der Waals surface area contributed by atoms with Gasteiger partial charge in [0.25, 0.3) is 11.8 Å². The summed E-state index contributed by atoms with van der Waals surface area (Å²) >= 11 is 0. The fraction of sp³-hybridized carbons (Fsp3) is 0.438. The van der Waals surface area contributed by atoms with E-state index in [1.807, 2.05) is 32.9 Å². The topological polar surface area (TPSA) is 94.0 Å². The number of aromatic nitrogens is 2. The number of amides is 1. The van der Waals surface area contributed by atoms with Crippen LogP contribution in [-0.2, 0) is 5.41 Å². The third-order valence-corrected chi connectivity index (χ3v) is 3.17. The van der Waals surface area contributed by atoms with E-state index in [0.717, 1.165) is 6.42 Å². The van der Waals surface area contributed by atoms with Gasteiger partial charge in [0.05, 0.1) is 11.1 Å². The zero-order valence-electron chi connectivity index (χ0n) is 13.6. The lowest BCUT2D eigenvalue weighted by atomic mass is 9.96. The molecule has 0 fully saturated rings. The SMILES string of the molecule is CC(C)(C)c1noc(-c2ccccc2C(=O)NCCCN)n1.Cl. The average molecular weight is 339 g/mol. The lowest BCUT2D eigenvalue weighted by molar-refractivity contribution is 0.0954. The summed E-state index contributed by atoms with van der Waals surface area (Å²) < 4.78 is 5.33. The summed E-state index contributed by atoms with van der Waals surface area (Å²) in [6.45, 7) is 7.11. The highest BCUT2D eigenvalue weighted by Crippen LogP contribution is 2.26. The number of rotatable bonds is 5. The van der Waals surface area contributed by atoms with Crippen LogP contribution in [0.4, 0.5) is 0 Å². The van der Waals surface area contributed by atoms with Crippen LogP contribution in [0.3, 0.4) is 0 Å². The number of benzene rings is 1. The highest BCUT2D eigenvalue weighted by atomic mass is 35.5. The fourth-order valence-electron chi connectivity index (χ4n) is 1.90. The van der Waals surface area contributed by atoms with Gasteiger partial charge in [-0.2, -0.15) is 4.98 Å². The molecule has 0 bridgehead atoms. The Labute approximate surface area is 142 Å². The van der Waals surface area contributed by atoms with Crippen molar-refractivity contribution in [3.05, 3.63) is 35.7 Å². The first-order chi connectivity index (χ1) is 10.4. The predicted molar refractivity (Wildman–Crippen MR) is 91.7 cm³/mol. The second kappa shape index (κ2) is 8.08. The first-order valence-electron chi connectivity index (χ1n) is 7.35. The molecule has 0 spiro atoms. The number of nitrogens with zero attached hydrogens (tertiary/aromatic N) is 2. The summed E-state index contributed by atoms with van der Waals surface area (Å²) in [7, 11) is 0. The summed E-state index contributed by atoms with van der Waals surface area (Å²) in [6.07, 6.45) is 0.739. The Morgan fingerprint density at radius 3 is 2.61 bits per heavy atom. The van der Waals surface area contributed by atoms with Gasteiger partial charge in [0.2, 0.25) is 0 Å². The molecule has 0 aliphatic heterocycles. The maximum absolute atomic E-state index is 12.3. The van der Waals surface area contributed by atoms with Gasteiger partial charge in [0, 0.05) is 12.0 Å². The number of halogens is 1. The third kappa shape index (κ3) is 4.77. The van der Waals surface area contributed by atoms with Crippen molar-refractivity contribution in [2.75, 3.05) is 13.1 Å². The zero-order valence-corrected chi connectivity index (χ0v) is 14.4. The van der Waals surface area contributed by atoms with Crippen LogP contribution in [0.2, 0.25) is 0 Å². The van der Waals surface area contributed by atoms with E-state index in [1.54, 1.807) is 12.1 Å². The number of hydrogen-bond donors (Lipinski definition) is 2. The maximum Gasteiger partial charge on any atom is 0.258 e. The highest BCUT2D eigenvalue weighted by Gasteiger charge is 2.23. The number of nitrogens with two attached hydrogens (primary N) is 1. The predicted octanol–water partition coefficient (Wildman–Crippen LogP) is 2.53. The second-order valence-electron chi connectivity index (χ2n) is 6.12. The van der Waals surface area contributed by atoms with Gasteiger partial charge in [0.15, 0.2) is 5.82 Å². The molecule has 0 radical (unpaired) electrons. The molecule has 23 heavy (non-hydrogen) atoms. The van der Waals surface area contributed by atoms with E-state index >= 15 is 0 Å². The molecule has 1 aromatic carbocycles. The Hall–Kier alpha value is -1.92. The van der Waals surface area contributed by atoms with Crippen LogP contribution in [0, 0.1) is 0 Å². The van der Waals surface area contributed by atoms with Gasteiger partial charge in [-0.3, -0.25) is 4.79 Å². The van der Waals surface area contributed by atoms with Gasteiger partial charge in [-0.05, 0) is 25.1 Å². The van der Waals surface area contributed by atoms with Crippen molar-refractivity contribution in [3.8, 4) is 11.5 Å². The summed E-state index contributed by atoms with van der Waals surface area (Å²) in [4.78, 5) is 16.7. The second-order valence-corrected chi connectivity index (χ2v) is 6.12. The van der Waals surface area contributed by atoms with E-state index in [2.05, 4.69) is 15.5 Å². The van der Waals surface area contributed by atoms with Gasteiger partial charge in [0.1, 0.15) is 0 Å². The first kappa shape index (κ1) is 19.1. The molecule has 6 nitrogen and oxygen atoms in total. The summed E-state index contributed by atoms with van der Waals surface area (Å²) in [5, 5.41) is 6.84. The molecule has 126 valence electrons. The van der Waals surface area contributed by atoms with Crippen molar-refractivity contribution in [2.45, 2.75) is 32.6 Å². The Morgan fingerprint density at radius 2 is 2.00 bits per heavy atom. The van der Waals surface area contributed by atoms with Crippen molar-refractivity contribution < 1.29 is 9.32 Å². The van der Waals surface area contributed by atoms with E-state index in [9.17, 15) is 4.79 Å². The Kier molecular flexibility index (Phi) is 6.72. The smallest absolute Gasteiger partial charge is 0.258 e. The number of carbonyl (C=O) groups excluding carboxylic acids is 1. The quantitative estimate of drug-likeness (QED) is 0.817. The van der Waals surface area contributed by atoms with Crippen molar-refractivity contribution in [3.63, 3.8) is 0 Å². The van der Waals surface area contributed by atoms with E-state index < -0.39 is 0 Å². The molecule has 1 amide bonds. The highest BCUT2D eigenvalue weighted by molar-refractivity contribution is 5.99. The largest absolute Gasteiger partial charge is 0.352 e. The lowest BCUT2D eigenvalue weighted by Crippen LogP contribution is -2.26. The molecule has 1 aromatic heterocycles. The molecule has 1 heterocycles. The number of nitrogens with one attached hydrogen (secondary N) is 1. The number of carbonyl (C=O) groups is 1. The Bertz CT molecular complexity index is 650. The van der Waals surface area contributed by atoms with Gasteiger partial charge in [-0.1, -0.05) is 38.1 Å². The first-order valence-corrected chi connectivity index (χ1v) is 7.35. The van der Waals surface area contributed by atoms with Gasteiger partial charge in [-0.15, -0.1) is 12.4 Å². The van der Waals surface area contributed by atoms with Gasteiger partial charge in [-0.25, -0.2) is 0 Å². The normalized spacial score (nSPS) is 11.0. The summed E-state index contributed by atoms with van der Waals surface area (Å²) in [5.74, 6) is 0.801. The van der Waals surface area contributed by atoms with Crippen molar-refractivity contribution in [2.24, 2.45) is 5.73 Å². The van der Waals surface area contributed by atoms with E-state index in [0.29, 0.717) is 35.9 Å². The minimum absolute atomic E-state index is 0. The van der Waals surface area contributed by atoms with Crippen LogP contribution in [0.1, 0.15) is 43.4 Å². The molecular weight excluding hydrogens is 316 g/mol. The van der Waals surface area contributed by atoms with Crippen LogP contribution >= 0.6 is 12.4 Å². The molecule has 0 atom stereocenters. The van der Waals surface area contributed by atoms with E-state index in [-0.39, 0.29) is 23.7 Å². The summed E-state index contributed by atoms with van der Waals surface area (Å²) in [6, 6.07) is 7.20. The molecule has 0 aliphatic rings. The average Bonchev–Trinajstić information content (AvgIpc) is 2.97. The lowest BCUT2D eigenvalue weighted by Gasteiger charge is -2.11. The zero-order chi connectivity index (χ0) is 16.2. The van der Waals surface area contributed by atoms with E-state index in [4.69, 9.17) is 10.3 Å². The standard InChI is InChI=1S/C16H22N4O2.ClH/c1-16(2,3)15-19-14(22-20-15)12-8-5-4-7-11(12)13(21)18-10-6-9-17;/h4-5,7-8H,6,9-10,17H2,1-3H3,(H,18,21);1H. The monoisotopic (exact) mass is 338 g/mol. The Morgan fingerprint density at radius 1 is 1.30 bits per heavy atom. The Balaban J connectivity index is 0.00000264. The summed E-state index contributed by atoms with van der Waals surface area (Å²) in [5.41, 5.74) is 6.38. The molecular formula is C16H23ClN4O2. The molecule has 2 aromatic rings. The molecule has 7 heteroatoms. The van der Waals surface area contributed by atoms with E-state index in [1.165, 1.54) is 0 Å². The van der Waals surface area contributed by atoms with Crippen LogP contribution in [0.15, 0.2) is 28.8 Å². The van der Waals surface area contributed by atoms with Crippen molar-refractivity contribution >= 4 is 18.3 Å². The molecule has 0 aliphatic carbocycles. The van der Waals surface area contributed by atoms with Gasteiger partial charge >= 0.3 is 0 Å². The van der Waals surface area contributed by atoms with Crippen LogP contribution in [0.25, 0.3) is 11.5 Å². The van der Waals surface area contributed by atoms with Crippen molar-refractivity contribution in [1.29, 1.82) is 0 Å². The molecule has 0 saturated carbocycles. The molecule has 0 saturated heterocycles. The van der Waals surface area contributed by atoms with Crippen LogP contribution in [-0.4, -0.2) is 29.1 Å². The maximum atomic E-state index is 12.3. The fourth-order valence-corrected chi connectivity index (χ4v) is 1.90. The number of hydrogen-bond acceptors (Lipinski definition) is 5. The third-order valence-electron chi connectivity index (χ3n) is 3.17. The molecule has 2 rings (SSSR count). The minimum atomic E-state index is -0.208. The molecule has 3 N–H and O–H groups in total.